The molecule has 1 atom stereocenters. The van der Waals surface area contributed by atoms with Crippen molar-refractivity contribution in [3.63, 3.8) is 0 Å². The Labute approximate surface area is 132 Å². The largest absolute Gasteiger partial charge is 0.370 e. The fraction of sp³-hybridized carbons (Fsp3) is 0.750. The molecule has 1 aromatic rings. The lowest BCUT2D eigenvalue weighted by Gasteiger charge is -2.19. The zero-order valence-electron chi connectivity index (χ0n) is 13.5. The lowest BCUT2D eigenvalue weighted by atomic mass is 9.96. The van der Waals surface area contributed by atoms with Crippen molar-refractivity contribution in [2.24, 2.45) is 5.92 Å². The van der Waals surface area contributed by atoms with Crippen LogP contribution in [0.4, 0.5) is 5.82 Å². The first-order valence-electron chi connectivity index (χ1n) is 7.65. The third kappa shape index (κ3) is 5.78. The van der Waals surface area contributed by atoms with Crippen LogP contribution in [0.5, 0.6) is 0 Å². The molecule has 4 heteroatoms. The van der Waals surface area contributed by atoms with Gasteiger partial charge in [-0.15, -0.1) is 0 Å². The van der Waals surface area contributed by atoms with Gasteiger partial charge in [0.2, 0.25) is 0 Å². The van der Waals surface area contributed by atoms with Crippen molar-refractivity contribution >= 4 is 21.7 Å². The Bertz CT molecular complexity index is 413. The van der Waals surface area contributed by atoms with Gasteiger partial charge in [0.05, 0.1) is 0 Å². The molecule has 1 heterocycles. The number of anilines is 1. The lowest BCUT2D eigenvalue weighted by Crippen LogP contribution is -2.19. The summed E-state index contributed by atoms with van der Waals surface area (Å²) >= 11 is 3.48. The second-order valence-corrected chi connectivity index (χ2v) is 7.26. The summed E-state index contributed by atoms with van der Waals surface area (Å²) in [6.45, 7) is 11.9. The minimum Gasteiger partial charge on any atom is -0.370 e. The molecule has 0 amide bonds. The summed E-state index contributed by atoms with van der Waals surface area (Å²) in [7, 11) is 0. The second-order valence-electron chi connectivity index (χ2n) is 6.45. The van der Waals surface area contributed by atoms with Gasteiger partial charge in [0, 0.05) is 18.0 Å². The predicted molar refractivity (Wildman–Crippen MR) is 90.2 cm³/mol. The van der Waals surface area contributed by atoms with Crippen LogP contribution in [0.15, 0.2) is 10.7 Å². The van der Waals surface area contributed by atoms with Crippen LogP contribution in [0.2, 0.25) is 0 Å². The van der Waals surface area contributed by atoms with Crippen molar-refractivity contribution in [1.82, 2.24) is 9.97 Å². The van der Waals surface area contributed by atoms with Gasteiger partial charge in [0.15, 0.2) is 0 Å². The Hall–Kier alpha value is -0.640. The van der Waals surface area contributed by atoms with Crippen LogP contribution >= 0.6 is 15.9 Å². The molecule has 0 aromatic carbocycles. The maximum Gasteiger partial charge on any atom is 0.137 e. The van der Waals surface area contributed by atoms with Crippen molar-refractivity contribution in [1.29, 1.82) is 0 Å². The molecular formula is C16H28BrN3. The maximum absolute atomic E-state index is 4.64. The first kappa shape index (κ1) is 17.4. The molecule has 0 saturated carbocycles. The minimum absolute atomic E-state index is 0.0351. The van der Waals surface area contributed by atoms with Crippen molar-refractivity contribution < 1.29 is 0 Å². The number of nitrogens with zero attached hydrogens (tertiary/aromatic N) is 2. The van der Waals surface area contributed by atoms with E-state index in [1.54, 1.807) is 0 Å². The molecule has 3 nitrogen and oxygen atoms in total. The van der Waals surface area contributed by atoms with Crippen LogP contribution < -0.4 is 5.32 Å². The van der Waals surface area contributed by atoms with E-state index in [0.29, 0.717) is 0 Å². The van der Waals surface area contributed by atoms with Gasteiger partial charge in [-0.25, -0.2) is 9.97 Å². The van der Waals surface area contributed by atoms with E-state index in [2.05, 4.69) is 65.8 Å². The Morgan fingerprint density at radius 2 is 1.95 bits per heavy atom. The monoisotopic (exact) mass is 341 g/mol. The summed E-state index contributed by atoms with van der Waals surface area (Å²) in [4.78, 5) is 9.11. The zero-order chi connectivity index (χ0) is 15.2. The van der Waals surface area contributed by atoms with Crippen LogP contribution in [-0.2, 0) is 5.41 Å². The van der Waals surface area contributed by atoms with E-state index in [9.17, 15) is 0 Å². The van der Waals surface area contributed by atoms with E-state index >= 15 is 0 Å². The molecule has 0 radical (unpaired) electrons. The summed E-state index contributed by atoms with van der Waals surface area (Å²) < 4.78 is 0.849. The van der Waals surface area contributed by atoms with Gasteiger partial charge in [-0.1, -0.05) is 53.9 Å². The number of hydrogen-bond acceptors (Lipinski definition) is 3. The molecule has 0 bridgehead atoms. The third-order valence-electron chi connectivity index (χ3n) is 3.48. The topological polar surface area (TPSA) is 37.8 Å². The summed E-state index contributed by atoms with van der Waals surface area (Å²) in [6.07, 6.45) is 5.08. The molecule has 1 unspecified atom stereocenters. The lowest BCUT2D eigenvalue weighted by molar-refractivity contribution is 0.471. The molecule has 0 aliphatic rings. The molecule has 0 saturated heterocycles. The van der Waals surface area contributed by atoms with E-state index in [-0.39, 0.29) is 5.41 Å². The van der Waals surface area contributed by atoms with Gasteiger partial charge in [0.1, 0.15) is 16.2 Å². The molecular weight excluding hydrogens is 314 g/mol. The van der Waals surface area contributed by atoms with Gasteiger partial charge in [-0.05, 0) is 28.3 Å². The van der Waals surface area contributed by atoms with E-state index in [1.165, 1.54) is 25.7 Å². The second kappa shape index (κ2) is 7.96. The number of nitrogens with one attached hydrogen (secondary N) is 1. The Morgan fingerprint density at radius 1 is 1.25 bits per heavy atom. The van der Waals surface area contributed by atoms with E-state index < -0.39 is 0 Å². The van der Waals surface area contributed by atoms with Gasteiger partial charge < -0.3 is 5.32 Å². The predicted octanol–water partition coefficient (Wildman–Crippen LogP) is 5.16. The highest BCUT2D eigenvalue weighted by molar-refractivity contribution is 9.10. The number of halogens is 1. The molecule has 20 heavy (non-hydrogen) atoms. The summed E-state index contributed by atoms with van der Waals surface area (Å²) in [5.74, 6) is 2.52. The minimum atomic E-state index is -0.0351. The molecule has 1 N–H and O–H groups in total. The quantitative estimate of drug-likeness (QED) is 0.695. The van der Waals surface area contributed by atoms with E-state index in [1.807, 2.05) is 6.07 Å². The first-order chi connectivity index (χ1) is 9.36. The fourth-order valence-corrected chi connectivity index (χ4v) is 2.42. The van der Waals surface area contributed by atoms with Crippen molar-refractivity contribution in [3.05, 3.63) is 16.5 Å². The highest BCUT2D eigenvalue weighted by Crippen LogP contribution is 2.23. The molecule has 0 aliphatic carbocycles. The number of rotatable bonds is 7. The molecule has 1 rings (SSSR count). The van der Waals surface area contributed by atoms with Crippen LogP contribution in [-0.4, -0.2) is 16.5 Å². The van der Waals surface area contributed by atoms with Gasteiger partial charge in [0.25, 0.3) is 0 Å². The smallest absolute Gasteiger partial charge is 0.137 e. The van der Waals surface area contributed by atoms with E-state index in [4.69, 9.17) is 0 Å². The van der Waals surface area contributed by atoms with Crippen LogP contribution in [0.1, 0.15) is 66.1 Å². The molecule has 1 aromatic heterocycles. The van der Waals surface area contributed by atoms with E-state index in [0.717, 1.165) is 28.7 Å². The zero-order valence-corrected chi connectivity index (χ0v) is 15.0. The van der Waals surface area contributed by atoms with Crippen molar-refractivity contribution in [3.8, 4) is 0 Å². The average Bonchev–Trinajstić information content (AvgIpc) is 2.37. The van der Waals surface area contributed by atoms with Crippen molar-refractivity contribution in [2.45, 2.75) is 65.7 Å². The Kier molecular flexibility index (Phi) is 6.93. The van der Waals surface area contributed by atoms with Gasteiger partial charge in [-0.3, -0.25) is 0 Å². The standard InChI is InChI=1S/C16H28BrN3/c1-6-8-9-12(7-2)11-18-14-10-13(17)19-15(20-14)16(3,4)5/h10,12H,6-9,11H2,1-5H3,(H,18,19,20). The highest BCUT2D eigenvalue weighted by Gasteiger charge is 2.18. The third-order valence-corrected chi connectivity index (χ3v) is 3.89. The van der Waals surface area contributed by atoms with Crippen LogP contribution in [0, 0.1) is 5.92 Å². The van der Waals surface area contributed by atoms with Crippen LogP contribution in [0.25, 0.3) is 0 Å². The van der Waals surface area contributed by atoms with Crippen LogP contribution in [0.3, 0.4) is 0 Å². The fourth-order valence-electron chi connectivity index (χ4n) is 2.04. The first-order valence-corrected chi connectivity index (χ1v) is 8.45. The summed E-state index contributed by atoms with van der Waals surface area (Å²) in [6, 6.07) is 1.96. The molecule has 0 aliphatic heterocycles. The number of unbranched alkanes of at least 4 members (excludes halogenated alkanes) is 1. The SMILES string of the molecule is CCCCC(CC)CNc1cc(Br)nc(C(C)(C)C)n1. The van der Waals surface area contributed by atoms with Gasteiger partial charge in [-0.2, -0.15) is 0 Å². The summed E-state index contributed by atoms with van der Waals surface area (Å²) in [5, 5.41) is 3.48. The Balaban J connectivity index is 2.70. The van der Waals surface area contributed by atoms with Gasteiger partial charge >= 0.3 is 0 Å². The van der Waals surface area contributed by atoms with Crippen molar-refractivity contribution in [2.75, 3.05) is 11.9 Å². The highest BCUT2D eigenvalue weighted by atomic mass is 79.9. The molecule has 0 fully saturated rings. The molecule has 0 spiro atoms. The average molecular weight is 342 g/mol. The number of aromatic nitrogens is 2. The Morgan fingerprint density at radius 3 is 2.50 bits per heavy atom. The molecule has 114 valence electrons. The summed E-state index contributed by atoms with van der Waals surface area (Å²) in [5.41, 5.74) is -0.0351. The maximum atomic E-state index is 4.64. The number of hydrogen-bond donors (Lipinski definition) is 1. The normalized spacial score (nSPS) is 13.3.